The Hall–Kier alpha value is -1.55. The number of nitrogens with zero attached hydrogens (tertiary/aromatic N) is 5. The summed E-state index contributed by atoms with van der Waals surface area (Å²) in [6.07, 6.45) is -1.76. The summed E-state index contributed by atoms with van der Waals surface area (Å²) in [6.45, 7) is -0.223. The summed E-state index contributed by atoms with van der Waals surface area (Å²) < 4.78 is 1.36. The molecule has 0 saturated heterocycles. The lowest BCUT2D eigenvalue weighted by Crippen LogP contribution is -2.30. The van der Waals surface area contributed by atoms with Gasteiger partial charge in [0, 0.05) is 12.5 Å². The number of rotatable bonds is 2. The smallest absolute Gasteiger partial charge is 0.223 e. The molecule has 108 valence electrons. The standard InChI is InChI=1S/C10H13ClN6O3/c11-8-5-9(14-10(12)13-8)17(16-15-5)4-1-3(2-18)6(19)7(4)20/h3-4,6-7,18-20H,1-2H2,(H2,12,13,14)/t3-,4-,6+,7-/m1/s1. The Morgan fingerprint density at radius 2 is 2.05 bits per heavy atom. The average Bonchev–Trinajstić information content (AvgIpc) is 2.93. The minimum atomic E-state index is -1.08. The van der Waals surface area contributed by atoms with E-state index in [1.54, 1.807) is 0 Å². The van der Waals surface area contributed by atoms with Crippen molar-refractivity contribution >= 4 is 28.7 Å². The molecule has 2 aromatic rings. The molecule has 20 heavy (non-hydrogen) atoms. The summed E-state index contributed by atoms with van der Waals surface area (Å²) in [5.41, 5.74) is 6.10. The predicted molar refractivity (Wildman–Crippen MR) is 68.8 cm³/mol. The van der Waals surface area contributed by atoms with Gasteiger partial charge in [-0.25, -0.2) is 4.68 Å². The molecule has 0 aliphatic heterocycles. The molecule has 1 fully saturated rings. The summed E-state index contributed by atoms with van der Waals surface area (Å²) in [6, 6.07) is -0.558. The predicted octanol–water partition coefficient (Wildman–Crippen LogP) is -1.27. The molecule has 10 heteroatoms. The van der Waals surface area contributed by atoms with Gasteiger partial charge in [0.05, 0.1) is 12.1 Å². The van der Waals surface area contributed by atoms with Gasteiger partial charge >= 0.3 is 0 Å². The lowest BCUT2D eigenvalue weighted by molar-refractivity contribution is -0.00511. The van der Waals surface area contributed by atoms with Crippen LogP contribution in [0.25, 0.3) is 11.2 Å². The molecule has 9 nitrogen and oxygen atoms in total. The summed E-state index contributed by atoms with van der Waals surface area (Å²) in [5, 5.41) is 37.0. The van der Waals surface area contributed by atoms with Crippen molar-refractivity contribution in [2.75, 3.05) is 12.3 Å². The maximum atomic E-state index is 10.1. The van der Waals surface area contributed by atoms with Crippen LogP contribution in [0.4, 0.5) is 5.95 Å². The second-order valence-corrected chi connectivity index (χ2v) is 5.16. The first-order chi connectivity index (χ1) is 9.52. The fourth-order valence-electron chi connectivity index (χ4n) is 2.56. The number of hydrogen-bond donors (Lipinski definition) is 4. The lowest BCUT2D eigenvalue weighted by atomic mass is 10.1. The largest absolute Gasteiger partial charge is 0.396 e. The van der Waals surface area contributed by atoms with Gasteiger partial charge in [-0.1, -0.05) is 16.8 Å². The molecule has 0 aromatic carbocycles. The van der Waals surface area contributed by atoms with Gasteiger partial charge in [0.15, 0.2) is 16.3 Å². The van der Waals surface area contributed by atoms with Crippen molar-refractivity contribution in [2.45, 2.75) is 24.7 Å². The van der Waals surface area contributed by atoms with Gasteiger partial charge in [0.1, 0.15) is 6.10 Å². The van der Waals surface area contributed by atoms with Crippen LogP contribution in [0.3, 0.4) is 0 Å². The normalized spacial score (nSPS) is 30.2. The second-order valence-electron chi connectivity index (χ2n) is 4.81. The van der Waals surface area contributed by atoms with Gasteiger partial charge < -0.3 is 21.1 Å². The molecule has 0 radical (unpaired) electrons. The van der Waals surface area contributed by atoms with E-state index in [0.717, 1.165) is 0 Å². The van der Waals surface area contributed by atoms with E-state index >= 15 is 0 Å². The third-order valence-electron chi connectivity index (χ3n) is 3.62. The molecule has 1 saturated carbocycles. The summed E-state index contributed by atoms with van der Waals surface area (Å²) in [7, 11) is 0. The van der Waals surface area contributed by atoms with E-state index in [4.69, 9.17) is 17.3 Å². The molecular formula is C10H13ClN6O3. The van der Waals surface area contributed by atoms with Crippen molar-refractivity contribution in [2.24, 2.45) is 5.92 Å². The first kappa shape index (κ1) is 13.4. The molecule has 0 unspecified atom stereocenters. The van der Waals surface area contributed by atoms with Crippen molar-refractivity contribution in [3.63, 3.8) is 0 Å². The topological polar surface area (TPSA) is 143 Å². The Labute approximate surface area is 118 Å². The van der Waals surface area contributed by atoms with Crippen LogP contribution >= 0.6 is 11.6 Å². The van der Waals surface area contributed by atoms with Crippen LogP contribution in [0.2, 0.25) is 5.15 Å². The molecule has 1 aliphatic carbocycles. The zero-order chi connectivity index (χ0) is 14.4. The Balaban J connectivity index is 2.07. The molecular weight excluding hydrogens is 288 g/mol. The number of hydrogen-bond acceptors (Lipinski definition) is 8. The maximum absolute atomic E-state index is 10.1. The van der Waals surface area contributed by atoms with Gasteiger partial charge in [0.25, 0.3) is 0 Å². The lowest BCUT2D eigenvalue weighted by Gasteiger charge is -2.16. The Morgan fingerprint density at radius 3 is 2.70 bits per heavy atom. The summed E-state index contributed by atoms with van der Waals surface area (Å²) in [5.74, 6) is -0.457. The third-order valence-corrected chi connectivity index (χ3v) is 3.88. The van der Waals surface area contributed by atoms with Crippen molar-refractivity contribution in [1.29, 1.82) is 0 Å². The highest BCUT2D eigenvalue weighted by Crippen LogP contribution is 2.36. The first-order valence-corrected chi connectivity index (χ1v) is 6.41. The number of halogens is 1. The first-order valence-electron chi connectivity index (χ1n) is 6.03. The van der Waals surface area contributed by atoms with Crippen molar-refractivity contribution in [3.05, 3.63) is 5.15 Å². The van der Waals surface area contributed by atoms with Gasteiger partial charge in [-0.15, -0.1) is 5.10 Å². The zero-order valence-electron chi connectivity index (χ0n) is 10.3. The summed E-state index contributed by atoms with van der Waals surface area (Å²) >= 11 is 5.90. The van der Waals surface area contributed by atoms with Crippen LogP contribution in [0.15, 0.2) is 0 Å². The van der Waals surface area contributed by atoms with E-state index in [1.165, 1.54) is 4.68 Å². The molecule has 2 heterocycles. The van der Waals surface area contributed by atoms with E-state index in [0.29, 0.717) is 6.42 Å². The highest BCUT2D eigenvalue weighted by Gasteiger charge is 2.43. The molecule has 5 N–H and O–H groups in total. The number of fused-ring (bicyclic) bond motifs is 1. The highest BCUT2D eigenvalue weighted by atomic mass is 35.5. The molecule has 0 bridgehead atoms. The Kier molecular flexibility index (Phi) is 3.21. The fourth-order valence-corrected chi connectivity index (χ4v) is 2.77. The van der Waals surface area contributed by atoms with E-state index in [2.05, 4.69) is 20.3 Å². The number of nitrogens with two attached hydrogens (primary N) is 1. The Bertz CT molecular complexity index is 649. The van der Waals surface area contributed by atoms with Crippen LogP contribution < -0.4 is 5.73 Å². The van der Waals surface area contributed by atoms with Gasteiger partial charge in [-0.05, 0) is 6.42 Å². The number of anilines is 1. The number of aliphatic hydroxyl groups is 3. The van der Waals surface area contributed by atoms with Gasteiger partial charge in [-0.2, -0.15) is 9.97 Å². The van der Waals surface area contributed by atoms with E-state index < -0.39 is 24.2 Å². The van der Waals surface area contributed by atoms with Crippen molar-refractivity contribution < 1.29 is 15.3 Å². The molecule has 2 aromatic heterocycles. The maximum Gasteiger partial charge on any atom is 0.223 e. The minimum Gasteiger partial charge on any atom is -0.396 e. The number of aliphatic hydroxyl groups excluding tert-OH is 3. The molecule has 0 spiro atoms. The zero-order valence-corrected chi connectivity index (χ0v) is 11.0. The van der Waals surface area contributed by atoms with E-state index in [1.807, 2.05) is 0 Å². The van der Waals surface area contributed by atoms with Crippen LogP contribution in [-0.2, 0) is 0 Å². The molecule has 4 atom stereocenters. The monoisotopic (exact) mass is 300 g/mol. The van der Waals surface area contributed by atoms with Crippen LogP contribution in [-0.4, -0.2) is 59.1 Å². The van der Waals surface area contributed by atoms with E-state index in [-0.39, 0.29) is 28.9 Å². The van der Waals surface area contributed by atoms with Crippen molar-refractivity contribution in [3.8, 4) is 0 Å². The summed E-state index contributed by atoms with van der Waals surface area (Å²) in [4.78, 5) is 7.79. The van der Waals surface area contributed by atoms with Gasteiger partial charge in [-0.3, -0.25) is 0 Å². The Morgan fingerprint density at radius 1 is 1.30 bits per heavy atom. The average molecular weight is 301 g/mol. The van der Waals surface area contributed by atoms with Crippen LogP contribution in [0.5, 0.6) is 0 Å². The van der Waals surface area contributed by atoms with E-state index in [9.17, 15) is 15.3 Å². The SMILES string of the molecule is Nc1nc(Cl)c2nnn([C@@H]3C[C@H](CO)[C@H](O)[C@@H]3O)c2n1. The number of aromatic nitrogens is 5. The molecule has 0 amide bonds. The highest BCUT2D eigenvalue weighted by molar-refractivity contribution is 6.33. The van der Waals surface area contributed by atoms with Gasteiger partial charge in [0.2, 0.25) is 5.95 Å². The minimum absolute atomic E-state index is 0.0298. The van der Waals surface area contributed by atoms with Crippen LogP contribution in [0.1, 0.15) is 12.5 Å². The fraction of sp³-hybridized carbons (Fsp3) is 0.600. The quantitative estimate of drug-likeness (QED) is 0.503. The van der Waals surface area contributed by atoms with Crippen molar-refractivity contribution in [1.82, 2.24) is 25.0 Å². The molecule has 3 rings (SSSR count). The van der Waals surface area contributed by atoms with Crippen LogP contribution in [0, 0.1) is 5.92 Å². The molecule has 1 aliphatic rings. The second kappa shape index (κ2) is 4.77. The number of nitrogen functional groups attached to an aromatic ring is 1. The third kappa shape index (κ3) is 1.90.